The van der Waals surface area contributed by atoms with E-state index in [4.69, 9.17) is 19.4 Å². The molecule has 2 rings (SSSR count). The Bertz CT molecular complexity index is 842. The van der Waals surface area contributed by atoms with Gasteiger partial charge in [-0.2, -0.15) is 17.5 Å². The Labute approximate surface area is 183 Å². The molecular formula is C18H26F3N3O7S. The van der Waals surface area contributed by atoms with E-state index in [-0.39, 0.29) is 30.5 Å². The molecule has 1 aromatic carbocycles. The minimum Gasteiger partial charge on any atom is -0.497 e. The third kappa shape index (κ3) is 8.61. The van der Waals surface area contributed by atoms with Crippen LogP contribution in [0.3, 0.4) is 0 Å². The van der Waals surface area contributed by atoms with E-state index in [1.807, 2.05) is 0 Å². The summed E-state index contributed by atoms with van der Waals surface area (Å²) in [6.07, 6.45) is -5.08. The number of sulfonamides is 1. The topological polar surface area (TPSA) is 125 Å². The number of hydrogen-bond donors (Lipinski definition) is 2. The van der Waals surface area contributed by atoms with Gasteiger partial charge in [-0.15, -0.1) is 0 Å². The van der Waals surface area contributed by atoms with Crippen LogP contribution in [0.2, 0.25) is 0 Å². The Kier molecular flexibility index (Phi) is 10.9. The second kappa shape index (κ2) is 12.6. The van der Waals surface area contributed by atoms with Gasteiger partial charge in [0.15, 0.2) is 0 Å². The molecule has 0 aromatic heterocycles. The minimum absolute atomic E-state index is 0.114. The van der Waals surface area contributed by atoms with Gasteiger partial charge in [-0.3, -0.25) is 4.79 Å². The van der Waals surface area contributed by atoms with Gasteiger partial charge in [0.2, 0.25) is 15.9 Å². The zero-order valence-corrected chi connectivity index (χ0v) is 18.4. The van der Waals surface area contributed by atoms with Gasteiger partial charge < -0.3 is 24.8 Å². The highest BCUT2D eigenvalue weighted by Crippen LogP contribution is 2.19. The SMILES string of the molecule is COCCN(CC(=O)N1CCNCC1)S(=O)(=O)c1ccc(OC)cc1.O=C(O)C(F)(F)F. The molecule has 32 heavy (non-hydrogen) atoms. The van der Waals surface area contributed by atoms with E-state index in [1.54, 1.807) is 17.0 Å². The van der Waals surface area contributed by atoms with Crippen molar-refractivity contribution in [2.24, 2.45) is 0 Å². The summed E-state index contributed by atoms with van der Waals surface area (Å²) in [5.41, 5.74) is 0. The van der Waals surface area contributed by atoms with Crippen LogP contribution in [0, 0.1) is 0 Å². The Morgan fingerprint density at radius 3 is 2.12 bits per heavy atom. The summed E-state index contributed by atoms with van der Waals surface area (Å²) in [5.74, 6) is -2.39. The van der Waals surface area contributed by atoms with Crippen LogP contribution in [0.1, 0.15) is 0 Å². The summed E-state index contributed by atoms with van der Waals surface area (Å²) in [6.45, 7) is 2.73. The maximum absolute atomic E-state index is 12.9. The molecule has 1 aromatic rings. The predicted molar refractivity (Wildman–Crippen MR) is 107 cm³/mol. The number of halogens is 3. The summed E-state index contributed by atoms with van der Waals surface area (Å²) < 4.78 is 68.8. The average molecular weight is 485 g/mol. The summed E-state index contributed by atoms with van der Waals surface area (Å²) in [5, 5.41) is 10.3. The largest absolute Gasteiger partial charge is 0.497 e. The normalized spacial score (nSPS) is 14.5. The number of aliphatic carboxylic acids is 1. The second-order valence-corrected chi connectivity index (χ2v) is 8.38. The van der Waals surface area contributed by atoms with Gasteiger partial charge >= 0.3 is 12.1 Å². The lowest BCUT2D eigenvalue weighted by Gasteiger charge is -2.30. The first-order valence-corrected chi connectivity index (χ1v) is 10.8. The van der Waals surface area contributed by atoms with Gasteiger partial charge in [0.05, 0.1) is 25.2 Å². The molecule has 0 bridgehead atoms. The fraction of sp³-hybridized carbons (Fsp3) is 0.556. The Balaban J connectivity index is 0.000000633. The molecule has 1 amide bonds. The zero-order valence-electron chi connectivity index (χ0n) is 17.6. The number of ether oxygens (including phenoxy) is 2. The molecular weight excluding hydrogens is 459 g/mol. The van der Waals surface area contributed by atoms with Crippen LogP contribution in [0.4, 0.5) is 13.2 Å². The van der Waals surface area contributed by atoms with Crippen LogP contribution >= 0.6 is 0 Å². The van der Waals surface area contributed by atoms with Crippen LogP contribution in [0.25, 0.3) is 0 Å². The first-order valence-electron chi connectivity index (χ1n) is 9.35. The maximum atomic E-state index is 12.9. The molecule has 1 aliphatic heterocycles. The number of carboxylic acids is 1. The fourth-order valence-electron chi connectivity index (χ4n) is 2.54. The number of piperazine rings is 1. The summed E-state index contributed by atoms with van der Waals surface area (Å²) in [4.78, 5) is 23.2. The summed E-state index contributed by atoms with van der Waals surface area (Å²) >= 11 is 0. The smallest absolute Gasteiger partial charge is 0.490 e. The number of carboxylic acid groups (broad SMARTS) is 1. The lowest BCUT2D eigenvalue weighted by molar-refractivity contribution is -0.192. The number of nitrogens with one attached hydrogen (secondary N) is 1. The molecule has 0 radical (unpaired) electrons. The van der Waals surface area contributed by atoms with Crippen LogP contribution < -0.4 is 10.1 Å². The van der Waals surface area contributed by atoms with Crippen LogP contribution in [-0.2, 0) is 24.3 Å². The molecule has 182 valence electrons. The molecule has 1 fully saturated rings. The van der Waals surface area contributed by atoms with E-state index in [0.717, 1.165) is 13.1 Å². The molecule has 0 atom stereocenters. The molecule has 1 heterocycles. The van der Waals surface area contributed by atoms with Gasteiger partial charge in [0.25, 0.3) is 0 Å². The number of nitrogens with zero attached hydrogens (tertiary/aromatic N) is 2. The van der Waals surface area contributed by atoms with Gasteiger partial charge in [-0.05, 0) is 24.3 Å². The predicted octanol–water partition coefficient (Wildman–Crippen LogP) is 0.397. The van der Waals surface area contributed by atoms with E-state index < -0.39 is 22.2 Å². The van der Waals surface area contributed by atoms with Gasteiger partial charge in [-0.25, -0.2) is 13.2 Å². The van der Waals surface area contributed by atoms with Crippen molar-refractivity contribution in [1.82, 2.24) is 14.5 Å². The molecule has 1 aliphatic rings. The van der Waals surface area contributed by atoms with Gasteiger partial charge in [0, 0.05) is 39.8 Å². The second-order valence-electron chi connectivity index (χ2n) is 6.44. The van der Waals surface area contributed by atoms with Crippen molar-refractivity contribution in [3.8, 4) is 5.75 Å². The number of carbonyl (C=O) groups is 2. The maximum Gasteiger partial charge on any atom is 0.490 e. The van der Waals surface area contributed by atoms with Crippen molar-refractivity contribution in [2.45, 2.75) is 11.1 Å². The fourth-order valence-corrected chi connectivity index (χ4v) is 3.91. The van der Waals surface area contributed by atoms with Crippen molar-refractivity contribution in [1.29, 1.82) is 0 Å². The summed E-state index contributed by atoms with van der Waals surface area (Å²) in [6, 6.07) is 6.12. The first kappa shape index (κ1) is 27.6. The molecule has 1 saturated heterocycles. The van der Waals surface area contributed by atoms with E-state index >= 15 is 0 Å². The highest BCUT2D eigenvalue weighted by atomic mass is 32.2. The van der Waals surface area contributed by atoms with E-state index in [9.17, 15) is 26.4 Å². The molecule has 0 saturated carbocycles. The Hall–Kier alpha value is -2.42. The van der Waals surface area contributed by atoms with Crippen molar-refractivity contribution in [3.05, 3.63) is 24.3 Å². The van der Waals surface area contributed by atoms with Gasteiger partial charge in [0.1, 0.15) is 5.75 Å². The third-order valence-corrected chi connectivity index (χ3v) is 6.13. The molecule has 2 N–H and O–H groups in total. The lowest BCUT2D eigenvalue weighted by Crippen LogP contribution is -2.50. The van der Waals surface area contributed by atoms with Crippen molar-refractivity contribution in [2.75, 3.05) is 60.1 Å². The number of methoxy groups -OCH3 is 2. The number of amides is 1. The highest BCUT2D eigenvalue weighted by molar-refractivity contribution is 7.89. The molecule has 0 aliphatic carbocycles. The van der Waals surface area contributed by atoms with Crippen LogP contribution in [0.5, 0.6) is 5.75 Å². The van der Waals surface area contributed by atoms with E-state index in [0.29, 0.717) is 18.8 Å². The number of rotatable bonds is 8. The summed E-state index contributed by atoms with van der Waals surface area (Å²) in [7, 11) is -0.787. The highest BCUT2D eigenvalue weighted by Gasteiger charge is 2.38. The van der Waals surface area contributed by atoms with Crippen molar-refractivity contribution >= 4 is 21.9 Å². The monoisotopic (exact) mass is 485 g/mol. The third-order valence-electron chi connectivity index (χ3n) is 4.27. The van der Waals surface area contributed by atoms with Gasteiger partial charge in [-0.1, -0.05) is 0 Å². The number of hydrogen-bond acceptors (Lipinski definition) is 7. The van der Waals surface area contributed by atoms with E-state index in [1.165, 1.54) is 30.7 Å². The Morgan fingerprint density at radius 2 is 1.69 bits per heavy atom. The quantitative estimate of drug-likeness (QED) is 0.542. The average Bonchev–Trinajstić information content (AvgIpc) is 2.76. The Morgan fingerprint density at radius 1 is 1.16 bits per heavy atom. The van der Waals surface area contributed by atoms with E-state index in [2.05, 4.69) is 5.32 Å². The lowest BCUT2D eigenvalue weighted by atomic mass is 10.3. The van der Waals surface area contributed by atoms with Crippen LogP contribution in [-0.4, -0.2) is 101 Å². The number of alkyl halides is 3. The minimum atomic E-state index is -5.08. The van der Waals surface area contributed by atoms with Crippen molar-refractivity contribution < 1.29 is 45.8 Å². The first-order chi connectivity index (χ1) is 14.9. The molecule has 14 heteroatoms. The molecule has 0 unspecified atom stereocenters. The number of carbonyl (C=O) groups excluding carboxylic acids is 1. The molecule has 0 spiro atoms. The van der Waals surface area contributed by atoms with Crippen molar-refractivity contribution in [3.63, 3.8) is 0 Å². The van der Waals surface area contributed by atoms with Crippen LogP contribution in [0.15, 0.2) is 29.2 Å². The zero-order chi connectivity index (χ0) is 24.4. The number of benzene rings is 1. The standard InChI is InChI=1S/C16H25N3O5S.C2HF3O2/c1-23-12-11-19(13-16(20)18-9-7-17-8-10-18)25(21,22)15-5-3-14(24-2)4-6-15;3-2(4,5)1(6)7/h3-6,17H,7-13H2,1-2H3;(H,6,7). The molecule has 10 nitrogen and oxygen atoms in total.